The Morgan fingerprint density at radius 2 is 1.59 bits per heavy atom. The largest absolute Gasteiger partial charge is 0.260 e. The predicted octanol–water partition coefficient (Wildman–Crippen LogP) is 7.32. The summed E-state index contributed by atoms with van der Waals surface area (Å²) in [5.74, 6) is 0.516. The van der Waals surface area contributed by atoms with Gasteiger partial charge in [-0.1, -0.05) is 113 Å². The summed E-state index contributed by atoms with van der Waals surface area (Å²) in [6.45, 7) is 14.5. The molecule has 0 N–H and O–H groups in total. The van der Waals surface area contributed by atoms with Crippen LogP contribution < -0.4 is 5.30 Å². The molecule has 3 rings (SSSR count). The van der Waals surface area contributed by atoms with Crippen molar-refractivity contribution in [1.29, 1.82) is 0 Å². The van der Waals surface area contributed by atoms with Crippen LogP contribution in [0.5, 0.6) is 0 Å². The molecule has 29 heavy (non-hydrogen) atoms. The summed E-state index contributed by atoms with van der Waals surface area (Å²) in [4.78, 5) is 4.77. The van der Waals surface area contributed by atoms with E-state index in [4.69, 9.17) is 4.98 Å². The van der Waals surface area contributed by atoms with Gasteiger partial charge in [-0.05, 0) is 39.5 Å². The Labute approximate surface area is 180 Å². The summed E-state index contributed by atoms with van der Waals surface area (Å²) in [5, 5.41) is 2.10. The van der Waals surface area contributed by atoms with Gasteiger partial charge in [0, 0.05) is 17.8 Å². The van der Waals surface area contributed by atoms with Gasteiger partial charge in [0.05, 0.1) is 5.69 Å². The third kappa shape index (κ3) is 5.87. The lowest BCUT2D eigenvalue weighted by atomic mass is 9.99. The van der Waals surface area contributed by atoms with Gasteiger partial charge in [-0.2, -0.15) is 0 Å². The normalized spacial score (nSPS) is 18.6. The first kappa shape index (κ1) is 22.4. The molecule has 3 unspecified atom stereocenters. The maximum absolute atomic E-state index is 4.77. The van der Waals surface area contributed by atoms with Crippen LogP contribution in [0.15, 0.2) is 78.5 Å². The van der Waals surface area contributed by atoms with Crippen molar-refractivity contribution in [3.8, 4) is 0 Å². The van der Waals surface area contributed by atoms with E-state index < -0.39 is 0 Å². The molecule has 0 aliphatic heterocycles. The third-order valence-electron chi connectivity index (χ3n) is 5.46. The van der Waals surface area contributed by atoms with Crippen molar-refractivity contribution in [2.24, 2.45) is 5.92 Å². The van der Waals surface area contributed by atoms with Gasteiger partial charge in [0.2, 0.25) is 0 Å². The quantitative estimate of drug-likeness (QED) is 0.444. The van der Waals surface area contributed by atoms with E-state index in [0.29, 0.717) is 30.5 Å². The summed E-state index contributed by atoms with van der Waals surface area (Å²) >= 11 is 0. The van der Waals surface area contributed by atoms with E-state index in [9.17, 15) is 0 Å². The third-order valence-corrected chi connectivity index (χ3v) is 11.0. The zero-order valence-corrected chi connectivity index (χ0v) is 20.6. The molecule has 0 amide bonds. The van der Waals surface area contributed by atoms with E-state index in [-0.39, 0.29) is 7.92 Å². The maximum Gasteiger partial charge on any atom is 0.0518 e. The number of nitrogens with zero attached hydrogens (tertiary/aromatic N) is 1. The Bertz CT molecular complexity index is 828. The molecular weight excluding hydrogens is 388 g/mol. The molecule has 1 nitrogen and oxygen atoms in total. The molecule has 0 fully saturated rings. The molecule has 0 saturated carbocycles. The molecule has 0 radical (unpaired) electrons. The fourth-order valence-corrected chi connectivity index (χ4v) is 9.69. The summed E-state index contributed by atoms with van der Waals surface area (Å²) < 4.78 is 0. The number of hydrogen-bond donors (Lipinski definition) is 0. The number of benzene rings is 1. The van der Waals surface area contributed by atoms with Crippen LogP contribution in [-0.2, 0) is 0 Å². The topological polar surface area (TPSA) is 12.9 Å². The van der Waals surface area contributed by atoms with Crippen molar-refractivity contribution in [1.82, 2.24) is 4.98 Å². The Morgan fingerprint density at radius 1 is 0.931 bits per heavy atom. The van der Waals surface area contributed by atoms with Crippen molar-refractivity contribution in [2.75, 3.05) is 6.16 Å². The van der Waals surface area contributed by atoms with E-state index in [1.807, 2.05) is 12.3 Å². The van der Waals surface area contributed by atoms with Gasteiger partial charge in [-0.25, -0.2) is 0 Å². The van der Waals surface area contributed by atoms with Crippen LogP contribution in [-0.4, -0.2) is 21.5 Å². The predicted molar refractivity (Wildman–Crippen MR) is 133 cm³/mol. The van der Waals surface area contributed by atoms with Crippen LogP contribution in [0.1, 0.15) is 52.9 Å². The number of allylic oxidation sites excluding steroid dienone is 4. The molecule has 0 saturated heterocycles. The standard InChI is InChI=1S/C26H35NP2/c1-25(2,3)29(26(4,5)6)19-20-13-12-16-22(20)24(23-17-10-11-18-27-23)28-21-14-8-7-9-15-21/h7-18,20,24,28H,19H2,1-6H3. The highest BCUT2D eigenvalue weighted by Gasteiger charge is 2.37. The molecule has 154 valence electrons. The molecule has 1 heterocycles. The Kier molecular flexibility index (Phi) is 7.14. The molecule has 1 aliphatic rings. The lowest BCUT2D eigenvalue weighted by Gasteiger charge is -2.43. The van der Waals surface area contributed by atoms with E-state index in [2.05, 4.69) is 102 Å². The average molecular weight is 424 g/mol. The summed E-state index contributed by atoms with van der Waals surface area (Å²) in [5.41, 5.74) is 3.10. The summed E-state index contributed by atoms with van der Waals surface area (Å²) in [7, 11) is 0.557. The zero-order valence-electron chi connectivity index (χ0n) is 18.7. The van der Waals surface area contributed by atoms with Crippen LogP contribution >= 0.6 is 16.5 Å². The summed E-state index contributed by atoms with van der Waals surface area (Å²) in [6.07, 6.45) is 10.3. The molecule has 1 aromatic carbocycles. The van der Waals surface area contributed by atoms with Gasteiger partial charge in [0.25, 0.3) is 0 Å². The van der Waals surface area contributed by atoms with E-state index in [1.165, 1.54) is 17.2 Å². The van der Waals surface area contributed by atoms with Crippen molar-refractivity contribution in [3.63, 3.8) is 0 Å². The van der Waals surface area contributed by atoms with Crippen molar-refractivity contribution >= 4 is 21.8 Å². The lowest BCUT2D eigenvalue weighted by Crippen LogP contribution is -2.29. The lowest BCUT2D eigenvalue weighted by molar-refractivity contribution is 0.688. The van der Waals surface area contributed by atoms with Crippen LogP contribution in [0.4, 0.5) is 0 Å². The Balaban J connectivity index is 1.91. The molecule has 3 atom stereocenters. The second kappa shape index (κ2) is 9.24. The van der Waals surface area contributed by atoms with Gasteiger partial charge in [0.15, 0.2) is 0 Å². The highest BCUT2D eigenvalue weighted by molar-refractivity contribution is 7.60. The van der Waals surface area contributed by atoms with Crippen LogP contribution in [0.25, 0.3) is 0 Å². The van der Waals surface area contributed by atoms with Gasteiger partial charge in [-0.3, -0.25) is 4.98 Å². The fraction of sp³-hybridized carbons (Fsp3) is 0.423. The fourth-order valence-electron chi connectivity index (χ4n) is 4.34. The van der Waals surface area contributed by atoms with Crippen LogP contribution in [0, 0.1) is 5.92 Å². The maximum atomic E-state index is 4.77. The molecular formula is C26H35NP2. The van der Waals surface area contributed by atoms with E-state index in [0.717, 1.165) is 0 Å². The van der Waals surface area contributed by atoms with Gasteiger partial charge < -0.3 is 0 Å². The minimum absolute atomic E-state index is 0.143. The number of rotatable bonds is 6. The molecule has 2 aromatic rings. The highest BCUT2D eigenvalue weighted by atomic mass is 31.1. The SMILES string of the molecule is CC(C)(C)P(CC1C=CC=C1C(Pc1ccccc1)c1ccccn1)C(C)(C)C. The minimum atomic E-state index is -0.143. The van der Waals surface area contributed by atoms with Crippen LogP contribution in [0.2, 0.25) is 0 Å². The first-order chi connectivity index (χ1) is 13.7. The second-order valence-electron chi connectivity index (χ2n) is 9.81. The van der Waals surface area contributed by atoms with E-state index >= 15 is 0 Å². The first-order valence-corrected chi connectivity index (χ1v) is 13.2. The summed E-state index contributed by atoms with van der Waals surface area (Å²) in [6, 6.07) is 17.2. The van der Waals surface area contributed by atoms with Crippen molar-refractivity contribution in [3.05, 3.63) is 84.2 Å². The Morgan fingerprint density at radius 3 is 2.17 bits per heavy atom. The molecule has 1 aromatic heterocycles. The number of pyridine rings is 1. The van der Waals surface area contributed by atoms with Gasteiger partial charge >= 0.3 is 0 Å². The first-order valence-electron chi connectivity index (χ1n) is 10.5. The Hall–Kier alpha value is -1.29. The second-order valence-corrected chi connectivity index (χ2v) is 15.2. The molecule has 0 spiro atoms. The van der Waals surface area contributed by atoms with Crippen molar-refractivity contribution < 1.29 is 0 Å². The van der Waals surface area contributed by atoms with Gasteiger partial charge in [0.1, 0.15) is 0 Å². The average Bonchev–Trinajstić information content (AvgIpc) is 3.12. The van der Waals surface area contributed by atoms with E-state index in [1.54, 1.807) is 5.57 Å². The van der Waals surface area contributed by atoms with Crippen LogP contribution in [0.3, 0.4) is 0 Å². The minimum Gasteiger partial charge on any atom is -0.260 e. The molecule has 0 bridgehead atoms. The zero-order chi connectivity index (χ0) is 21.1. The number of hydrogen-bond acceptors (Lipinski definition) is 1. The van der Waals surface area contributed by atoms with Gasteiger partial charge in [-0.15, -0.1) is 0 Å². The van der Waals surface area contributed by atoms with Crippen molar-refractivity contribution in [2.45, 2.75) is 57.5 Å². The molecule has 1 aliphatic carbocycles. The highest BCUT2D eigenvalue weighted by Crippen LogP contribution is 2.61. The number of aromatic nitrogens is 1. The monoisotopic (exact) mass is 423 g/mol. The molecule has 3 heteroatoms. The smallest absolute Gasteiger partial charge is 0.0518 e.